The number of benzene rings is 1. The Kier molecular flexibility index (Phi) is 4.93. The topological polar surface area (TPSA) is 29.1 Å². The molecule has 0 aliphatic carbocycles. The zero-order chi connectivity index (χ0) is 12.1. The van der Waals surface area contributed by atoms with Crippen molar-refractivity contribution >= 4 is 21.8 Å². The third-order valence-corrected chi connectivity index (χ3v) is 3.32. The molecule has 2 nitrogen and oxygen atoms in total. The molecule has 0 heterocycles. The Morgan fingerprint density at radius 3 is 2.81 bits per heavy atom. The van der Waals surface area contributed by atoms with Gasteiger partial charge in [-0.05, 0) is 37.1 Å². The molecule has 88 valence electrons. The molecular formula is C12H15BrFNO. The summed E-state index contributed by atoms with van der Waals surface area (Å²) in [7, 11) is 0. The number of aryl methyl sites for hydroxylation is 1. The highest BCUT2D eigenvalue weighted by atomic mass is 79.9. The van der Waals surface area contributed by atoms with Gasteiger partial charge >= 0.3 is 0 Å². The Labute approximate surface area is 103 Å². The van der Waals surface area contributed by atoms with Crippen molar-refractivity contribution < 1.29 is 9.18 Å². The Balaban J connectivity index is 2.63. The van der Waals surface area contributed by atoms with E-state index < -0.39 is 0 Å². The number of hydrogen-bond donors (Lipinski definition) is 1. The lowest BCUT2D eigenvalue weighted by Gasteiger charge is -2.09. The van der Waals surface area contributed by atoms with Gasteiger partial charge in [0.05, 0.1) is 0 Å². The Hall–Kier alpha value is -0.900. The summed E-state index contributed by atoms with van der Waals surface area (Å²) in [5.41, 5.74) is 0.980. The predicted octanol–water partition coefficient (Wildman–Crippen LogP) is 3.04. The van der Waals surface area contributed by atoms with Crippen molar-refractivity contribution in [2.45, 2.75) is 25.1 Å². The number of alkyl halides is 1. The van der Waals surface area contributed by atoms with E-state index in [4.69, 9.17) is 0 Å². The number of hydrogen-bond acceptors (Lipinski definition) is 1. The highest BCUT2D eigenvalue weighted by Gasteiger charge is 2.09. The minimum atomic E-state index is -0.288. The second-order valence-corrected chi connectivity index (χ2v) is 4.97. The molecule has 1 aromatic carbocycles. The van der Waals surface area contributed by atoms with Crippen LogP contribution in [0, 0.1) is 12.7 Å². The summed E-state index contributed by atoms with van der Waals surface area (Å²) in [4.78, 5) is 12.0. The van der Waals surface area contributed by atoms with Crippen molar-refractivity contribution in [3.63, 3.8) is 0 Å². The number of carbonyl (C=O) groups is 1. The van der Waals surface area contributed by atoms with Crippen molar-refractivity contribution in [1.29, 1.82) is 0 Å². The number of rotatable bonds is 4. The van der Waals surface area contributed by atoms with E-state index in [2.05, 4.69) is 21.2 Å². The van der Waals surface area contributed by atoms with Gasteiger partial charge in [-0.2, -0.15) is 0 Å². The van der Waals surface area contributed by atoms with Crippen LogP contribution in [0.4, 0.5) is 4.39 Å². The molecule has 0 fully saturated rings. The minimum Gasteiger partial charge on any atom is -0.351 e. The van der Waals surface area contributed by atoms with Crippen LogP contribution in [0.25, 0.3) is 0 Å². The molecule has 0 radical (unpaired) electrons. The van der Waals surface area contributed by atoms with Crippen LogP contribution in [0.5, 0.6) is 0 Å². The average Bonchev–Trinajstić information content (AvgIpc) is 2.29. The van der Waals surface area contributed by atoms with Gasteiger partial charge in [0, 0.05) is 16.9 Å². The molecule has 1 amide bonds. The fraction of sp³-hybridized carbons (Fsp3) is 0.417. The number of amides is 1. The molecule has 0 aromatic heterocycles. The van der Waals surface area contributed by atoms with E-state index in [1.54, 1.807) is 13.0 Å². The molecule has 0 aliphatic heterocycles. The van der Waals surface area contributed by atoms with Crippen molar-refractivity contribution in [2.24, 2.45) is 0 Å². The summed E-state index contributed by atoms with van der Waals surface area (Å²) < 4.78 is 13.0. The third-order valence-electron chi connectivity index (χ3n) is 2.35. The first kappa shape index (κ1) is 13.2. The average molecular weight is 288 g/mol. The molecule has 0 saturated heterocycles. The second-order valence-electron chi connectivity index (χ2n) is 3.68. The van der Waals surface area contributed by atoms with Crippen molar-refractivity contribution in [3.05, 3.63) is 35.1 Å². The van der Waals surface area contributed by atoms with Crippen molar-refractivity contribution in [3.8, 4) is 0 Å². The molecule has 16 heavy (non-hydrogen) atoms. The van der Waals surface area contributed by atoms with E-state index >= 15 is 0 Å². The molecule has 0 saturated carbocycles. The van der Waals surface area contributed by atoms with Gasteiger partial charge in [0.15, 0.2) is 0 Å². The van der Waals surface area contributed by atoms with Gasteiger partial charge in [-0.15, -0.1) is 0 Å². The summed E-state index contributed by atoms with van der Waals surface area (Å²) in [5.74, 6) is -0.454. The molecule has 1 N–H and O–H groups in total. The molecule has 4 heteroatoms. The maximum absolute atomic E-state index is 13.0. The normalized spacial score (nSPS) is 12.2. The van der Waals surface area contributed by atoms with Crippen LogP contribution < -0.4 is 5.32 Å². The maximum Gasteiger partial charge on any atom is 0.251 e. The van der Waals surface area contributed by atoms with Gasteiger partial charge in [0.25, 0.3) is 5.91 Å². The molecule has 1 rings (SSSR count). The van der Waals surface area contributed by atoms with E-state index in [1.165, 1.54) is 12.1 Å². The smallest absolute Gasteiger partial charge is 0.251 e. The standard InChI is InChI=1S/C12H15BrFNO/c1-3-10(13)7-15-12(16)9-4-5-11(14)8(2)6-9/h4-6,10H,3,7H2,1-2H3,(H,15,16). The van der Waals surface area contributed by atoms with Crippen molar-refractivity contribution in [2.75, 3.05) is 6.54 Å². The Morgan fingerprint density at radius 1 is 1.56 bits per heavy atom. The SMILES string of the molecule is CCC(Br)CNC(=O)c1ccc(F)c(C)c1. The van der Waals surface area contributed by atoms with Crippen molar-refractivity contribution in [1.82, 2.24) is 5.32 Å². The number of halogens is 2. The third kappa shape index (κ3) is 3.59. The van der Waals surface area contributed by atoms with Gasteiger partial charge in [-0.25, -0.2) is 4.39 Å². The first-order valence-electron chi connectivity index (χ1n) is 5.23. The molecule has 0 spiro atoms. The highest BCUT2D eigenvalue weighted by molar-refractivity contribution is 9.09. The monoisotopic (exact) mass is 287 g/mol. The fourth-order valence-electron chi connectivity index (χ4n) is 1.24. The van der Waals surface area contributed by atoms with Crippen LogP contribution in [0.2, 0.25) is 0 Å². The molecular weight excluding hydrogens is 273 g/mol. The Bertz CT molecular complexity index is 381. The summed E-state index contributed by atoms with van der Waals surface area (Å²) >= 11 is 3.43. The highest BCUT2D eigenvalue weighted by Crippen LogP contribution is 2.09. The summed E-state index contributed by atoms with van der Waals surface area (Å²) in [6.07, 6.45) is 0.947. The summed E-state index contributed by atoms with van der Waals surface area (Å²) in [5, 5.41) is 2.79. The van der Waals surface area contributed by atoms with E-state index in [0.717, 1.165) is 6.42 Å². The lowest BCUT2D eigenvalue weighted by atomic mass is 10.1. The fourth-order valence-corrected chi connectivity index (χ4v) is 1.40. The van der Waals surface area contributed by atoms with Gasteiger partial charge in [-0.1, -0.05) is 22.9 Å². The lowest BCUT2D eigenvalue weighted by Crippen LogP contribution is -2.29. The van der Waals surface area contributed by atoms with Gasteiger partial charge in [-0.3, -0.25) is 4.79 Å². The molecule has 1 aromatic rings. The van der Waals surface area contributed by atoms with E-state index in [9.17, 15) is 9.18 Å². The summed E-state index contributed by atoms with van der Waals surface area (Å²) in [6, 6.07) is 4.36. The second kappa shape index (κ2) is 5.99. The minimum absolute atomic E-state index is 0.166. The van der Waals surface area contributed by atoms with Crippen LogP contribution >= 0.6 is 15.9 Å². The van der Waals surface area contributed by atoms with Gasteiger partial charge in [0.1, 0.15) is 5.82 Å². The maximum atomic E-state index is 13.0. The van der Waals surface area contributed by atoms with Crippen LogP contribution in [0.3, 0.4) is 0 Å². The first-order valence-corrected chi connectivity index (χ1v) is 6.14. The zero-order valence-corrected chi connectivity index (χ0v) is 11.0. The number of nitrogens with one attached hydrogen (secondary N) is 1. The van der Waals surface area contributed by atoms with Crippen LogP contribution in [-0.4, -0.2) is 17.3 Å². The van der Waals surface area contributed by atoms with E-state index in [0.29, 0.717) is 17.7 Å². The first-order chi connectivity index (χ1) is 7.54. The van der Waals surface area contributed by atoms with Gasteiger partial charge in [0.2, 0.25) is 0 Å². The van der Waals surface area contributed by atoms with Gasteiger partial charge < -0.3 is 5.32 Å². The van der Waals surface area contributed by atoms with E-state index in [-0.39, 0.29) is 16.6 Å². The summed E-state index contributed by atoms with van der Waals surface area (Å²) in [6.45, 7) is 4.25. The lowest BCUT2D eigenvalue weighted by molar-refractivity contribution is 0.0953. The Morgan fingerprint density at radius 2 is 2.25 bits per heavy atom. The quantitative estimate of drug-likeness (QED) is 0.848. The largest absolute Gasteiger partial charge is 0.351 e. The number of carbonyl (C=O) groups excluding carboxylic acids is 1. The zero-order valence-electron chi connectivity index (χ0n) is 9.39. The van der Waals surface area contributed by atoms with Crippen LogP contribution in [-0.2, 0) is 0 Å². The molecule has 0 bridgehead atoms. The van der Waals surface area contributed by atoms with Crippen LogP contribution in [0.15, 0.2) is 18.2 Å². The van der Waals surface area contributed by atoms with Crippen LogP contribution in [0.1, 0.15) is 29.3 Å². The molecule has 0 aliphatic rings. The predicted molar refractivity (Wildman–Crippen MR) is 66.5 cm³/mol. The van der Waals surface area contributed by atoms with E-state index in [1.807, 2.05) is 6.92 Å². The molecule has 1 unspecified atom stereocenters. The molecule has 1 atom stereocenters.